The summed E-state index contributed by atoms with van der Waals surface area (Å²) >= 11 is 0. The van der Waals surface area contributed by atoms with Gasteiger partial charge in [0.25, 0.3) is 0 Å². The summed E-state index contributed by atoms with van der Waals surface area (Å²) in [6.07, 6.45) is 5.77. The largest absolute Gasteiger partial charge is 0.389 e. The molecule has 0 aromatic carbocycles. The van der Waals surface area contributed by atoms with Crippen LogP contribution in [0.3, 0.4) is 0 Å². The van der Waals surface area contributed by atoms with E-state index >= 15 is 0 Å². The van der Waals surface area contributed by atoms with E-state index in [9.17, 15) is 5.11 Å². The molecule has 0 unspecified atom stereocenters. The summed E-state index contributed by atoms with van der Waals surface area (Å²) in [5.41, 5.74) is 0.0491. The molecule has 18 heavy (non-hydrogen) atoms. The van der Waals surface area contributed by atoms with Gasteiger partial charge in [0.05, 0.1) is 5.60 Å². The second kappa shape index (κ2) is 5.13. The highest BCUT2D eigenvalue weighted by Gasteiger charge is 2.41. The van der Waals surface area contributed by atoms with Crippen molar-refractivity contribution in [3.63, 3.8) is 0 Å². The van der Waals surface area contributed by atoms with Gasteiger partial charge in [0.2, 0.25) is 0 Å². The Kier molecular flexibility index (Phi) is 4.08. The number of likely N-dealkylation sites (tertiary alicyclic amines) is 1. The molecule has 1 aliphatic carbocycles. The van der Waals surface area contributed by atoms with Gasteiger partial charge in [-0.05, 0) is 42.9 Å². The Hall–Kier alpha value is -0.0800. The van der Waals surface area contributed by atoms with Crippen molar-refractivity contribution in [1.29, 1.82) is 0 Å². The van der Waals surface area contributed by atoms with E-state index in [2.05, 4.69) is 32.6 Å². The van der Waals surface area contributed by atoms with Crippen LogP contribution in [-0.4, -0.2) is 35.2 Å². The van der Waals surface area contributed by atoms with E-state index in [1.807, 2.05) is 0 Å². The highest BCUT2D eigenvalue weighted by Crippen LogP contribution is 2.38. The monoisotopic (exact) mass is 253 g/mol. The van der Waals surface area contributed by atoms with Crippen LogP contribution in [0.4, 0.5) is 0 Å². The molecule has 1 saturated carbocycles. The molecule has 0 bridgehead atoms. The molecule has 1 N–H and O–H groups in total. The van der Waals surface area contributed by atoms with Gasteiger partial charge in [0.1, 0.15) is 0 Å². The molecule has 1 aliphatic heterocycles. The van der Waals surface area contributed by atoms with Gasteiger partial charge in [-0.15, -0.1) is 0 Å². The van der Waals surface area contributed by atoms with Crippen LogP contribution in [0.5, 0.6) is 0 Å². The second-order valence-corrected chi connectivity index (χ2v) is 7.83. The van der Waals surface area contributed by atoms with Gasteiger partial charge in [0.15, 0.2) is 0 Å². The standard InChI is InChI=1S/C16H31NO/c1-5-13-6-8-16(18,9-7-13)12-17-10-14(11-17)15(2,3)4/h13-14,18H,5-12H2,1-4H3. The normalized spacial score (nSPS) is 35.5. The van der Waals surface area contributed by atoms with Crippen LogP contribution in [0.25, 0.3) is 0 Å². The first-order valence-corrected chi connectivity index (χ1v) is 7.77. The highest BCUT2D eigenvalue weighted by molar-refractivity contribution is 4.94. The molecule has 1 saturated heterocycles. The predicted molar refractivity (Wildman–Crippen MR) is 76.6 cm³/mol. The first-order valence-electron chi connectivity index (χ1n) is 7.77. The molecule has 0 aromatic rings. The fourth-order valence-corrected chi connectivity index (χ4v) is 3.44. The Morgan fingerprint density at radius 3 is 2.17 bits per heavy atom. The van der Waals surface area contributed by atoms with Crippen LogP contribution in [0.1, 0.15) is 59.8 Å². The molecule has 2 nitrogen and oxygen atoms in total. The molecule has 2 heteroatoms. The number of hydrogen-bond acceptors (Lipinski definition) is 2. The van der Waals surface area contributed by atoms with E-state index in [4.69, 9.17) is 0 Å². The maximum Gasteiger partial charge on any atom is 0.0774 e. The lowest BCUT2D eigenvalue weighted by Crippen LogP contribution is -2.57. The number of hydrogen-bond donors (Lipinski definition) is 1. The van der Waals surface area contributed by atoms with E-state index in [-0.39, 0.29) is 5.60 Å². The van der Waals surface area contributed by atoms with E-state index in [0.29, 0.717) is 5.41 Å². The van der Waals surface area contributed by atoms with Crippen molar-refractivity contribution < 1.29 is 5.11 Å². The smallest absolute Gasteiger partial charge is 0.0774 e. The predicted octanol–water partition coefficient (Wildman–Crippen LogP) is 3.30. The summed E-state index contributed by atoms with van der Waals surface area (Å²) in [6.45, 7) is 12.5. The Bertz CT molecular complexity index is 267. The fourth-order valence-electron chi connectivity index (χ4n) is 3.44. The maximum atomic E-state index is 10.7. The van der Waals surface area contributed by atoms with Crippen molar-refractivity contribution in [3.8, 4) is 0 Å². The molecule has 106 valence electrons. The van der Waals surface area contributed by atoms with Crippen LogP contribution in [-0.2, 0) is 0 Å². The van der Waals surface area contributed by atoms with Gasteiger partial charge in [-0.25, -0.2) is 0 Å². The molecule has 2 fully saturated rings. The topological polar surface area (TPSA) is 23.5 Å². The molecule has 0 radical (unpaired) electrons. The van der Waals surface area contributed by atoms with Gasteiger partial charge in [-0.1, -0.05) is 34.1 Å². The third-order valence-corrected chi connectivity index (χ3v) is 5.31. The Labute approximate surface area is 113 Å². The fraction of sp³-hybridized carbons (Fsp3) is 1.00. The summed E-state index contributed by atoms with van der Waals surface area (Å²) < 4.78 is 0. The zero-order valence-corrected chi connectivity index (χ0v) is 12.7. The highest BCUT2D eigenvalue weighted by atomic mass is 16.3. The summed E-state index contributed by atoms with van der Waals surface area (Å²) in [4.78, 5) is 2.46. The third kappa shape index (κ3) is 3.27. The van der Waals surface area contributed by atoms with E-state index in [1.54, 1.807) is 0 Å². The van der Waals surface area contributed by atoms with Crippen molar-refractivity contribution in [2.75, 3.05) is 19.6 Å². The van der Waals surface area contributed by atoms with Gasteiger partial charge in [0, 0.05) is 19.6 Å². The zero-order chi connectivity index (χ0) is 13.4. The number of rotatable bonds is 3. The van der Waals surface area contributed by atoms with Crippen LogP contribution in [0.15, 0.2) is 0 Å². The molecule has 2 aliphatic rings. The first-order chi connectivity index (χ1) is 8.32. The van der Waals surface area contributed by atoms with E-state index in [0.717, 1.165) is 31.2 Å². The lowest BCUT2D eigenvalue weighted by molar-refractivity contribution is -0.0759. The number of β-amino-alcohol motifs (C(OH)–C–C–N with tert-alkyl or cyclic N) is 1. The maximum absolute atomic E-state index is 10.7. The molecule has 2 rings (SSSR count). The lowest BCUT2D eigenvalue weighted by atomic mass is 9.73. The van der Waals surface area contributed by atoms with Crippen molar-refractivity contribution >= 4 is 0 Å². The second-order valence-electron chi connectivity index (χ2n) is 7.83. The number of aliphatic hydroxyl groups is 1. The van der Waals surface area contributed by atoms with Crippen LogP contribution in [0.2, 0.25) is 0 Å². The minimum Gasteiger partial charge on any atom is -0.389 e. The molecule has 0 aromatic heterocycles. The minimum atomic E-state index is -0.380. The quantitative estimate of drug-likeness (QED) is 0.834. The van der Waals surface area contributed by atoms with Crippen LogP contribution in [0, 0.1) is 17.3 Å². The average Bonchev–Trinajstić information content (AvgIpc) is 2.22. The van der Waals surface area contributed by atoms with Gasteiger partial charge < -0.3 is 5.11 Å². The minimum absolute atomic E-state index is 0.380. The molecular weight excluding hydrogens is 222 g/mol. The average molecular weight is 253 g/mol. The molecule has 1 heterocycles. The molecule has 0 atom stereocenters. The summed E-state index contributed by atoms with van der Waals surface area (Å²) in [5, 5.41) is 10.7. The lowest BCUT2D eigenvalue weighted by Gasteiger charge is -2.50. The summed E-state index contributed by atoms with van der Waals surface area (Å²) in [5.74, 6) is 1.68. The Morgan fingerprint density at radius 2 is 1.72 bits per heavy atom. The Morgan fingerprint density at radius 1 is 1.17 bits per heavy atom. The van der Waals surface area contributed by atoms with Gasteiger partial charge in [-0.3, -0.25) is 4.90 Å². The van der Waals surface area contributed by atoms with Gasteiger partial charge in [-0.2, -0.15) is 0 Å². The molecule has 0 spiro atoms. The summed E-state index contributed by atoms with van der Waals surface area (Å²) in [6, 6.07) is 0. The van der Waals surface area contributed by atoms with Crippen LogP contribution < -0.4 is 0 Å². The van der Waals surface area contributed by atoms with Crippen LogP contribution >= 0.6 is 0 Å². The molecule has 0 amide bonds. The van der Waals surface area contributed by atoms with Crippen molar-refractivity contribution in [1.82, 2.24) is 4.90 Å². The van der Waals surface area contributed by atoms with E-state index < -0.39 is 0 Å². The number of nitrogens with zero attached hydrogens (tertiary/aromatic N) is 1. The Balaban J connectivity index is 1.75. The van der Waals surface area contributed by atoms with Crippen molar-refractivity contribution in [3.05, 3.63) is 0 Å². The summed E-state index contributed by atoms with van der Waals surface area (Å²) in [7, 11) is 0. The SMILES string of the molecule is CCC1CCC(O)(CN2CC(C(C)(C)C)C2)CC1. The molecular formula is C16H31NO. The van der Waals surface area contributed by atoms with E-state index in [1.165, 1.54) is 32.4 Å². The van der Waals surface area contributed by atoms with Gasteiger partial charge >= 0.3 is 0 Å². The van der Waals surface area contributed by atoms with Crippen molar-refractivity contribution in [2.24, 2.45) is 17.3 Å². The first kappa shape index (κ1) is 14.3. The van der Waals surface area contributed by atoms with Crippen molar-refractivity contribution in [2.45, 2.75) is 65.4 Å². The third-order valence-electron chi connectivity index (χ3n) is 5.31. The zero-order valence-electron chi connectivity index (χ0n) is 12.7.